The van der Waals surface area contributed by atoms with Crippen LogP contribution in [0.5, 0.6) is 0 Å². The van der Waals surface area contributed by atoms with Crippen molar-refractivity contribution >= 4 is 17.3 Å². The summed E-state index contributed by atoms with van der Waals surface area (Å²) in [6.07, 6.45) is 1.92. The van der Waals surface area contributed by atoms with Gasteiger partial charge < -0.3 is 14.9 Å². The van der Waals surface area contributed by atoms with E-state index < -0.39 is 5.97 Å². The highest BCUT2D eigenvalue weighted by Crippen LogP contribution is 2.29. The Morgan fingerprint density at radius 2 is 1.39 bits per heavy atom. The first-order valence-corrected chi connectivity index (χ1v) is 8.11. The van der Waals surface area contributed by atoms with Gasteiger partial charge in [0.05, 0.1) is 0 Å². The molecule has 2 aromatic rings. The average Bonchev–Trinajstić information content (AvgIpc) is 2.61. The van der Waals surface area contributed by atoms with Crippen LogP contribution in [0.25, 0.3) is 0 Å². The molecule has 0 aliphatic carbocycles. The summed E-state index contributed by atoms with van der Waals surface area (Å²) in [6.45, 7) is 1.91. The van der Waals surface area contributed by atoms with Crippen LogP contribution < -0.4 is 9.80 Å². The van der Waals surface area contributed by atoms with Crippen molar-refractivity contribution in [3.8, 4) is 0 Å². The maximum absolute atomic E-state index is 11.1. The fourth-order valence-electron chi connectivity index (χ4n) is 3.28. The van der Waals surface area contributed by atoms with Gasteiger partial charge in [-0.15, -0.1) is 0 Å². The summed E-state index contributed by atoms with van der Waals surface area (Å²) in [6, 6.07) is 20.5. The van der Waals surface area contributed by atoms with E-state index in [1.807, 2.05) is 36.4 Å². The fourth-order valence-corrected chi connectivity index (χ4v) is 3.28. The minimum Gasteiger partial charge on any atom is -0.481 e. The van der Waals surface area contributed by atoms with Crippen LogP contribution in [-0.2, 0) is 4.79 Å². The fraction of sp³-hybridized carbons (Fsp3) is 0.316. The molecule has 4 nitrogen and oxygen atoms in total. The quantitative estimate of drug-likeness (QED) is 0.916. The molecule has 0 radical (unpaired) electrons. The highest BCUT2D eigenvalue weighted by molar-refractivity contribution is 5.67. The number of anilines is 2. The van der Waals surface area contributed by atoms with Gasteiger partial charge in [-0.2, -0.15) is 0 Å². The lowest BCUT2D eigenvalue weighted by atomic mass is 10.1. The molecule has 0 amide bonds. The van der Waals surface area contributed by atoms with Crippen LogP contribution in [0.1, 0.15) is 19.3 Å². The van der Waals surface area contributed by atoms with E-state index in [1.165, 1.54) is 0 Å². The predicted octanol–water partition coefficient (Wildman–Crippen LogP) is 3.59. The van der Waals surface area contributed by atoms with Crippen LogP contribution in [0, 0.1) is 0 Å². The van der Waals surface area contributed by atoms with Crippen molar-refractivity contribution in [2.24, 2.45) is 0 Å². The van der Waals surface area contributed by atoms with E-state index in [2.05, 4.69) is 34.1 Å². The molecular formula is C19H22N2O2. The molecule has 1 N–H and O–H groups in total. The van der Waals surface area contributed by atoms with Crippen LogP contribution >= 0.6 is 0 Å². The number of carboxylic acid groups (broad SMARTS) is 1. The number of carboxylic acids is 1. The summed E-state index contributed by atoms with van der Waals surface area (Å²) in [5.41, 5.74) is 2.31. The van der Waals surface area contributed by atoms with Gasteiger partial charge in [0.1, 0.15) is 6.17 Å². The molecular weight excluding hydrogens is 288 g/mol. The minimum atomic E-state index is -0.739. The average molecular weight is 310 g/mol. The SMILES string of the molecule is O=C(O)CCC1N(c2ccccc2)CCCN1c1ccccc1. The monoisotopic (exact) mass is 310 g/mol. The highest BCUT2D eigenvalue weighted by Gasteiger charge is 2.29. The third kappa shape index (κ3) is 3.65. The topological polar surface area (TPSA) is 43.8 Å². The summed E-state index contributed by atoms with van der Waals surface area (Å²) in [5, 5.41) is 9.12. The third-order valence-corrected chi connectivity index (χ3v) is 4.31. The number of hydrogen-bond donors (Lipinski definition) is 1. The van der Waals surface area contributed by atoms with Gasteiger partial charge in [-0.25, -0.2) is 0 Å². The van der Waals surface area contributed by atoms with E-state index in [4.69, 9.17) is 5.11 Å². The Labute approximate surface area is 137 Å². The number of aliphatic carboxylic acids is 1. The van der Waals surface area contributed by atoms with Gasteiger partial charge in [0, 0.05) is 30.9 Å². The Kier molecular flexibility index (Phi) is 4.81. The van der Waals surface area contributed by atoms with E-state index in [0.29, 0.717) is 6.42 Å². The smallest absolute Gasteiger partial charge is 0.303 e. The van der Waals surface area contributed by atoms with E-state index in [-0.39, 0.29) is 12.6 Å². The summed E-state index contributed by atoms with van der Waals surface area (Å²) in [5.74, 6) is -0.739. The number of carbonyl (C=O) groups is 1. The van der Waals surface area contributed by atoms with Crippen molar-refractivity contribution < 1.29 is 9.90 Å². The van der Waals surface area contributed by atoms with E-state index in [0.717, 1.165) is 30.9 Å². The number of benzene rings is 2. The lowest BCUT2D eigenvalue weighted by Crippen LogP contribution is -2.54. The zero-order chi connectivity index (χ0) is 16.1. The first kappa shape index (κ1) is 15.4. The Morgan fingerprint density at radius 1 is 0.913 bits per heavy atom. The zero-order valence-electron chi connectivity index (χ0n) is 13.1. The predicted molar refractivity (Wildman–Crippen MR) is 92.9 cm³/mol. The molecule has 0 bridgehead atoms. The van der Waals surface area contributed by atoms with Gasteiger partial charge in [-0.1, -0.05) is 36.4 Å². The van der Waals surface area contributed by atoms with Crippen LogP contribution in [-0.4, -0.2) is 30.3 Å². The second kappa shape index (κ2) is 7.18. The van der Waals surface area contributed by atoms with Gasteiger partial charge in [0.2, 0.25) is 0 Å². The molecule has 0 aromatic heterocycles. The number of hydrogen-bond acceptors (Lipinski definition) is 3. The molecule has 0 spiro atoms. The molecule has 0 atom stereocenters. The molecule has 23 heavy (non-hydrogen) atoms. The standard InChI is InChI=1S/C19H22N2O2/c22-19(23)13-12-18-20(16-8-3-1-4-9-16)14-7-15-21(18)17-10-5-2-6-11-17/h1-6,8-11,18H,7,12-15H2,(H,22,23). The molecule has 3 rings (SSSR count). The molecule has 1 heterocycles. The van der Waals surface area contributed by atoms with Crippen molar-refractivity contribution in [1.29, 1.82) is 0 Å². The molecule has 120 valence electrons. The van der Waals surface area contributed by atoms with Gasteiger partial charge in [0.25, 0.3) is 0 Å². The van der Waals surface area contributed by atoms with Crippen molar-refractivity contribution in [3.63, 3.8) is 0 Å². The minimum absolute atomic E-state index is 0.0737. The largest absolute Gasteiger partial charge is 0.481 e. The van der Waals surface area contributed by atoms with Crippen molar-refractivity contribution in [2.45, 2.75) is 25.4 Å². The summed E-state index contributed by atoms with van der Waals surface area (Å²) in [4.78, 5) is 15.8. The van der Waals surface area contributed by atoms with Gasteiger partial charge in [-0.05, 0) is 37.1 Å². The van der Waals surface area contributed by atoms with Crippen molar-refractivity contribution in [2.75, 3.05) is 22.9 Å². The summed E-state index contributed by atoms with van der Waals surface area (Å²) >= 11 is 0. The maximum Gasteiger partial charge on any atom is 0.303 e. The van der Waals surface area contributed by atoms with Crippen molar-refractivity contribution in [1.82, 2.24) is 0 Å². The van der Waals surface area contributed by atoms with Crippen LogP contribution in [0.2, 0.25) is 0 Å². The van der Waals surface area contributed by atoms with Crippen molar-refractivity contribution in [3.05, 3.63) is 60.7 Å². The molecule has 0 saturated carbocycles. The number of nitrogens with zero attached hydrogens (tertiary/aromatic N) is 2. The lowest BCUT2D eigenvalue weighted by Gasteiger charge is -2.46. The summed E-state index contributed by atoms with van der Waals surface area (Å²) in [7, 11) is 0. The Morgan fingerprint density at radius 3 is 1.83 bits per heavy atom. The van der Waals surface area contributed by atoms with Crippen LogP contribution in [0.4, 0.5) is 11.4 Å². The zero-order valence-corrected chi connectivity index (χ0v) is 13.1. The molecule has 0 unspecified atom stereocenters. The maximum atomic E-state index is 11.1. The Bertz CT molecular complexity index is 583. The Hall–Kier alpha value is -2.49. The first-order valence-electron chi connectivity index (χ1n) is 8.11. The Balaban J connectivity index is 1.90. The molecule has 1 fully saturated rings. The van der Waals surface area contributed by atoms with Crippen LogP contribution in [0.15, 0.2) is 60.7 Å². The molecule has 4 heteroatoms. The third-order valence-electron chi connectivity index (χ3n) is 4.31. The second-order valence-electron chi connectivity index (χ2n) is 5.82. The highest BCUT2D eigenvalue weighted by atomic mass is 16.4. The van der Waals surface area contributed by atoms with Crippen LogP contribution in [0.3, 0.4) is 0 Å². The van der Waals surface area contributed by atoms with E-state index in [9.17, 15) is 4.79 Å². The molecule has 1 aliphatic rings. The number of rotatable bonds is 5. The van der Waals surface area contributed by atoms with E-state index >= 15 is 0 Å². The molecule has 1 aliphatic heterocycles. The molecule has 1 saturated heterocycles. The first-order chi connectivity index (χ1) is 11.3. The van der Waals surface area contributed by atoms with Gasteiger partial charge in [0.15, 0.2) is 0 Å². The molecule has 2 aromatic carbocycles. The summed E-state index contributed by atoms with van der Waals surface area (Å²) < 4.78 is 0. The van der Waals surface area contributed by atoms with E-state index in [1.54, 1.807) is 0 Å². The second-order valence-corrected chi connectivity index (χ2v) is 5.82. The van der Waals surface area contributed by atoms with Gasteiger partial charge >= 0.3 is 5.97 Å². The normalized spacial score (nSPS) is 15.7. The lowest BCUT2D eigenvalue weighted by molar-refractivity contribution is -0.137. The van der Waals surface area contributed by atoms with Gasteiger partial charge in [-0.3, -0.25) is 4.79 Å². The number of para-hydroxylation sites is 2.